The summed E-state index contributed by atoms with van der Waals surface area (Å²) in [7, 11) is 0. The van der Waals surface area contributed by atoms with Gasteiger partial charge in [-0.1, -0.05) is 6.92 Å². The summed E-state index contributed by atoms with van der Waals surface area (Å²) in [5.74, 6) is -0.112. The molecule has 3 nitrogen and oxygen atoms in total. The molecule has 90 valence electrons. The van der Waals surface area contributed by atoms with Crippen molar-refractivity contribution in [3.63, 3.8) is 0 Å². The molecule has 2 radical (unpaired) electrons. The van der Waals surface area contributed by atoms with Crippen LogP contribution in [-0.2, 0) is 14.3 Å². The summed E-state index contributed by atoms with van der Waals surface area (Å²) in [5, 5.41) is 0. The van der Waals surface area contributed by atoms with Gasteiger partial charge in [0.25, 0.3) is 0 Å². The third kappa shape index (κ3) is 2.57. The molecule has 0 bridgehead atoms. The molecule has 1 saturated carbocycles. The van der Waals surface area contributed by atoms with Gasteiger partial charge in [0.15, 0.2) is 0 Å². The van der Waals surface area contributed by atoms with Gasteiger partial charge in [-0.3, -0.25) is 4.79 Å². The van der Waals surface area contributed by atoms with Crippen molar-refractivity contribution in [1.82, 2.24) is 0 Å². The second-order valence-corrected chi connectivity index (χ2v) is 5.81. The molecule has 3 unspecified atom stereocenters. The van der Waals surface area contributed by atoms with Crippen molar-refractivity contribution in [3.05, 3.63) is 13.8 Å². The van der Waals surface area contributed by atoms with Crippen LogP contribution in [0.25, 0.3) is 0 Å². The minimum absolute atomic E-state index is 0.00271. The van der Waals surface area contributed by atoms with Crippen LogP contribution in [0, 0.1) is 25.2 Å². The predicted octanol–water partition coefficient (Wildman–Crippen LogP) is 2.16. The van der Waals surface area contributed by atoms with Crippen molar-refractivity contribution in [3.8, 4) is 0 Å². The van der Waals surface area contributed by atoms with Crippen molar-refractivity contribution in [2.24, 2.45) is 11.3 Å². The largest absolute Gasteiger partial charge is 0.465 e. The van der Waals surface area contributed by atoms with Crippen LogP contribution in [0.2, 0.25) is 0 Å². The number of ether oxygens (including phenoxy) is 2. The molecule has 0 N–H and O–H groups in total. The lowest BCUT2D eigenvalue weighted by Gasteiger charge is -2.23. The standard InChI is InChI=1S/C13H20O3/c1-12(2,3)8-15-11(14)9-5-6-13(4)10(7-9)16-13/h9-10H,1-2,5-8H2,3-4H3. The highest BCUT2D eigenvalue weighted by atomic mass is 16.6. The van der Waals surface area contributed by atoms with Crippen LogP contribution in [0.1, 0.15) is 33.1 Å². The van der Waals surface area contributed by atoms with E-state index in [0.717, 1.165) is 19.3 Å². The molecule has 0 amide bonds. The van der Waals surface area contributed by atoms with Crippen molar-refractivity contribution in [2.75, 3.05) is 6.61 Å². The Kier molecular flexibility index (Phi) is 2.77. The first kappa shape index (κ1) is 11.9. The molecule has 16 heavy (non-hydrogen) atoms. The van der Waals surface area contributed by atoms with Gasteiger partial charge in [0.1, 0.15) is 0 Å². The summed E-state index contributed by atoms with van der Waals surface area (Å²) in [4.78, 5) is 11.8. The number of carbonyl (C=O) groups excluding carboxylic acids is 1. The third-order valence-corrected chi connectivity index (χ3v) is 3.42. The molecule has 0 aromatic rings. The average Bonchev–Trinajstić information content (AvgIpc) is 2.83. The summed E-state index contributed by atoms with van der Waals surface area (Å²) in [6.45, 7) is 11.9. The zero-order valence-electron chi connectivity index (χ0n) is 10.1. The summed E-state index contributed by atoms with van der Waals surface area (Å²) in [5.41, 5.74) is -0.390. The van der Waals surface area contributed by atoms with Crippen LogP contribution >= 0.6 is 0 Å². The fraction of sp³-hybridized carbons (Fsp3) is 0.769. The number of carbonyl (C=O) groups is 1. The molecule has 2 rings (SSSR count). The minimum Gasteiger partial charge on any atom is -0.465 e. The number of esters is 1. The van der Waals surface area contributed by atoms with Crippen molar-refractivity contribution < 1.29 is 14.3 Å². The molecule has 1 aliphatic heterocycles. The molecule has 1 saturated heterocycles. The van der Waals surface area contributed by atoms with Gasteiger partial charge in [0.05, 0.1) is 24.2 Å². The van der Waals surface area contributed by atoms with E-state index < -0.39 is 5.41 Å². The summed E-state index contributed by atoms with van der Waals surface area (Å²) in [6, 6.07) is 0. The van der Waals surface area contributed by atoms with Crippen molar-refractivity contribution >= 4 is 5.97 Å². The summed E-state index contributed by atoms with van der Waals surface area (Å²) < 4.78 is 10.8. The highest BCUT2D eigenvalue weighted by Crippen LogP contribution is 2.49. The van der Waals surface area contributed by atoms with Gasteiger partial charge in [-0.2, -0.15) is 0 Å². The Balaban J connectivity index is 1.78. The van der Waals surface area contributed by atoms with E-state index in [1.165, 1.54) is 0 Å². The van der Waals surface area contributed by atoms with E-state index in [9.17, 15) is 4.79 Å². The Bertz CT molecular complexity index is 292. The maximum Gasteiger partial charge on any atom is 0.309 e. The van der Waals surface area contributed by atoms with E-state index in [4.69, 9.17) is 9.47 Å². The van der Waals surface area contributed by atoms with E-state index >= 15 is 0 Å². The molecule has 1 heterocycles. The van der Waals surface area contributed by atoms with Crippen LogP contribution in [0.15, 0.2) is 0 Å². The molecule has 0 aromatic heterocycles. The highest BCUT2D eigenvalue weighted by Gasteiger charge is 2.56. The lowest BCUT2D eigenvalue weighted by Crippen LogP contribution is -2.30. The fourth-order valence-electron chi connectivity index (χ4n) is 2.22. The Hall–Kier alpha value is -0.570. The lowest BCUT2D eigenvalue weighted by molar-refractivity contribution is -0.151. The number of hydrogen-bond donors (Lipinski definition) is 0. The van der Waals surface area contributed by atoms with Crippen LogP contribution in [0.5, 0.6) is 0 Å². The lowest BCUT2D eigenvalue weighted by atomic mass is 9.83. The topological polar surface area (TPSA) is 38.8 Å². The van der Waals surface area contributed by atoms with Crippen LogP contribution < -0.4 is 0 Å². The quantitative estimate of drug-likeness (QED) is 0.544. The Morgan fingerprint density at radius 3 is 2.88 bits per heavy atom. The molecule has 3 atom stereocenters. The monoisotopic (exact) mass is 224 g/mol. The van der Waals surface area contributed by atoms with Gasteiger partial charge in [0, 0.05) is 5.41 Å². The third-order valence-electron chi connectivity index (χ3n) is 3.42. The van der Waals surface area contributed by atoms with E-state index in [1.54, 1.807) is 0 Å². The molecular weight excluding hydrogens is 204 g/mol. The van der Waals surface area contributed by atoms with Crippen molar-refractivity contribution in [1.29, 1.82) is 0 Å². The van der Waals surface area contributed by atoms with Gasteiger partial charge in [-0.15, -0.1) is 0 Å². The molecular formula is C13H20O3. The first-order valence-corrected chi connectivity index (χ1v) is 5.85. The molecule has 0 spiro atoms. The van der Waals surface area contributed by atoms with Crippen LogP contribution in [0.4, 0.5) is 0 Å². The Labute approximate surface area is 97.5 Å². The average molecular weight is 224 g/mol. The zero-order valence-corrected chi connectivity index (χ0v) is 10.1. The van der Waals surface area contributed by atoms with Gasteiger partial charge < -0.3 is 9.47 Å². The fourth-order valence-corrected chi connectivity index (χ4v) is 2.22. The first-order valence-electron chi connectivity index (χ1n) is 5.85. The van der Waals surface area contributed by atoms with Crippen LogP contribution in [-0.4, -0.2) is 24.3 Å². The smallest absolute Gasteiger partial charge is 0.309 e. The Morgan fingerprint density at radius 2 is 2.31 bits per heavy atom. The van der Waals surface area contributed by atoms with Gasteiger partial charge >= 0.3 is 5.97 Å². The molecule has 0 aromatic carbocycles. The molecule has 2 fully saturated rings. The van der Waals surface area contributed by atoms with Crippen LogP contribution in [0.3, 0.4) is 0 Å². The number of epoxide rings is 1. The first-order chi connectivity index (χ1) is 7.30. The highest BCUT2D eigenvalue weighted by molar-refractivity contribution is 5.72. The zero-order chi connectivity index (χ0) is 12.0. The normalized spacial score (nSPS) is 37.8. The minimum atomic E-state index is -0.449. The van der Waals surface area contributed by atoms with E-state index in [2.05, 4.69) is 20.8 Å². The molecule has 3 heteroatoms. The SMILES string of the molecule is [CH2]C([CH2])(C)COC(=O)C1CCC2(C)OC2C1. The van der Waals surface area contributed by atoms with Gasteiger partial charge in [-0.25, -0.2) is 0 Å². The summed E-state index contributed by atoms with van der Waals surface area (Å²) in [6.07, 6.45) is 2.91. The number of fused-ring (bicyclic) bond motifs is 1. The van der Waals surface area contributed by atoms with E-state index in [0.29, 0.717) is 0 Å². The van der Waals surface area contributed by atoms with E-state index in [1.807, 2.05) is 6.92 Å². The number of hydrogen-bond acceptors (Lipinski definition) is 3. The summed E-state index contributed by atoms with van der Waals surface area (Å²) >= 11 is 0. The molecule has 1 aliphatic carbocycles. The van der Waals surface area contributed by atoms with Gasteiger partial charge in [-0.05, 0) is 40.0 Å². The second-order valence-electron chi connectivity index (χ2n) is 5.81. The maximum absolute atomic E-state index is 11.8. The molecule has 2 aliphatic rings. The Morgan fingerprint density at radius 1 is 1.62 bits per heavy atom. The predicted molar refractivity (Wildman–Crippen MR) is 60.4 cm³/mol. The maximum atomic E-state index is 11.8. The van der Waals surface area contributed by atoms with Crippen molar-refractivity contribution in [2.45, 2.75) is 44.8 Å². The van der Waals surface area contributed by atoms with E-state index in [-0.39, 0.29) is 30.2 Å². The second kappa shape index (κ2) is 3.73. The van der Waals surface area contributed by atoms with Gasteiger partial charge in [0.2, 0.25) is 0 Å². The number of rotatable bonds is 3.